The number of aromatic nitrogens is 4. The largest absolute Gasteiger partial charge is 0.369 e. The molecule has 24 heavy (non-hydrogen) atoms. The zero-order chi connectivity index (χ0) is 17.1. The highest BCUT2D eigenvalue weighted by Crippen LogP contribution is 2.16. The van der Waals surface area contributed by atoms with Gasteiger partial charge in [0.05, 0.1) is 18.4 Å². The summed E-state index contributed by atoms with van der Waals surface area (Å²) in [5.41, 5.74) is 6.63. The second-order valence-corrected chi connectivity index (χ2v) is 4.93. The van der Waals surface area contributed by atoms with Crippen LogP contribution in [0.5, 0.6) is 0 Å². The number of benzene rings is 1. The summed E-state index contributed by atoms with van der Waals surface area (Å²) in [4.78, 5) is 49.7. The van der Waals surface area contributed by atoms with E-state index in [4.69, 9.17) is 5.73 Å². The van der Waals surface area contributed by atoms with E-state index in [2.05, 4.69) is 19.9 Å². The molecule has 9 heteroatoms. The van der Waals surface area contributed by atoms with Crippen LogP contribution < -0.4 is 16.2 Å². The molecule has 0 radical (unpaired) electrons. The minimum Gasteiger partial charge on any atom is -0.369 e. The lowest BCUT2D eigenvalue weighted by Crippen LogP contribution is -2.22. The first-order valence-corrected chi connectivity index (χ1v) is 6.89. The van der Waals surface area contributed by atoms with Crippen molar-refractivity contribution in [2.75, 3.05) is 10.6 Å². The summed E-state index contributed by atoms with van der Waals surface area (Å²) >= 11 is 0. The predicted molar refractivity (Wildman–Crippen MR) is 86.4 cm³/mol. The Morgan fingerprint density at radius 1 is 1.17 bits per heavy atom. The molecule has 3 N–H and O–H groups in total. The summed E-state index contributed by atoms with van der Waals surface area (Å²) in [5, 5.41) is 0. The molecule has 0 saturated heterocycles. The molecule has 0 unspecified atom stereocenters. The number of carbonyl (C=O) groups is 2. The number of H-pyrrole nitrogens is 1. The van der Waals surface area contributed by atoms with Crippen molar-refractivity contribution < 1.29 is 9.59 Å². The van der Waals surface area contributed by atoms with Crippen LogP contribution in [0.3, 0.4) is 0 Å². The Labute approximate surface area is 135 Å². The van der Waals surface area contributed by atoms with Crippen LogP contribution in [-0.4, -0.2) is 32.6 Å². The Kier molecular flexibility index (Phi) is 3.98. The topological polar surface area (TPSA) is 135 Å². The minimum absolute atomic E-state index is 0.0423. The Bertz CT molecular complexity index is 967. The van der Waals surface area contributed by atoms with Crippen LogP contribution in [0, 0.1) is 0 Å². The molecule has 3 rings (SSSR count). The van der Waals surface area contributed by atoms with Crippen molar-refractivity contribution in [1.82, 2.24) is 19.9 Å². The van der Waals surface area contributed by atoms with Gasteiger partial charge < -0.3 is 10.6 Å². The smallest absolute Gasteiger partial charge is 0.280 e. The molecule has 0 atom stereocenters. The van der Waals surface area contributed by atoms with Crippen molar-refractivity contribution in [1.29, 1.82) is 0 Å². The third kappa shape index (κ3) is 2.95. The average Bonchev–Trinajstić information content (AvgIpc) is 2.60. The van der Waals surface area contributed by atoms with Gasteiger partial charge in [-0.05, 0) is 24.3 Å². The molecule has 0 aliphatic rings. The highest BCUT2D eigenvalue weighted by Gasteiger charge is 2.11. The van der Waals surface area contributed by atoms with Crippen LogP contribution in [0.2, 0.25) is 0 Å². The first kappa shape index (κ1) is 15.3. The van der Waals surface area contributed by atoms with Crippen LogP contribution in [0.1, 0.15) is 16.1 Å². The first-order valence-electron chi connectivity index (χ1n) is 6.89. The van der Waals surface area contributed by atoms with Gasteiger partial charge >= 0.3 is 0 Å². The van der Waals surface area contributed by atoms with E-state index >= 15 is 0 Å². The molecule has 0 fully saturated rings. The molecule has 120 valence electrons. The molecule has 2 aromatic heterocycles. The zero-order valence-electron chi connectivity index (χ0n) is 12.3. The minimum atomic E-state index is -0.500. The number of rotatable bonds is 5. The molecule has 0 saturated carbocycles. The Balaban J connectivity index is 1.93. The number of nitrogens with two attached hydrogens (primary N) is 1. The highest BCUT2D eigenvalue weighted by molar-refractivity contribution is 5.79. The first-order chi connectivity index (χ1) is 11.6. The third-order valence-electron chi connectivity index (χ3n) is 3.31. The normalized spacial score (nSPS) is 10.5. The molecule has 0 spiro atoms. The number of nitrogen functional groups attached to an aromatic ring is 1. The summed E-state index contributed by atoms with van der Waals surface area (Å²) < 4.78 is 0. The maximum absolute atomic E-state index is 11.9. The van der Waals surface area contributed by atoms with E-state index in [-0.39, 0.29) is 23.7 Å². The van der Waals surface area contributed by atoms with Crippen molar-refractivity contribution >= 4 is 35.5 Å². The Hall–Kier alpha value is -3.62. The lowest BCUT2D eigenvalue weighted by molar-refractivity contribution is -0.107. The summed E-state index contributed by atoms with van der Waals surface area (Å²) in [7, 11) is 0. The van der Waals surface area contributed by atoms with E-state index in [9.17, 15) is 14.4 Å². The van der Waals surface area contributed by atoms with Crippen LogP contribution in [0.4, 0.5) is 11.6 Å². The van der Waals surface area contributed by atoms with Crippen LogP contribution in [-0.2, 0) is 11.3 Å². The number of nitrogens with zero attached hydrogens (tertiary/aromatic N) is 4. The molecule has 1 amide bonds. The number of fused-ring (bicyclic) bond motifs is 1. The molecule has 0 bridgehead atoms. The van der Waals surface area contributed by atoms with Gasteiger partial charge in [-0.2, -0.15) is 4.98 Å². The summed E-state index contributed by atoms with van der Waals surface area (Å²) in [6.45, 7) is 0.108. The van der Waals surface area contributed by atoms with E-state index in [1.807, 2.05) is 0 Å². The number of carbonyl (C=O) groups excluding carboxylic acids is 2. The highest BCUT2D eigenvalue weighted by atomic mass is 16.1. The van der Waals surface area contributed by atoms with Crippen molar-refractivity contribution in [2.24, 2.45) is 0 Å². The molecule has 0 aliphatic carbocycles. The van der Waals surface area contributed by atoms with Crippen LogP contribution in [0.15, 0.2) is 35.3 Å². The SMILES string of the molecule is Nc1nc2ncc(CN(C=O)c3ccc(C=O)cc3)nc2c(=O)[nH]1. The van der Waals surface area contributed by atoms with Gasteiger partial charge in [-0.1, -0.05) is 0 Å². The van der Waals surface area contributed by atoms with Gasteiger partial charge in [-0.15, -0.1) is 0 Å². The fourth-order valence-electron chi connectivity index (χ4n) is 2.16. The maximum atomic E-state index is 11.9. The predicted octanol–water partition coefficient (Wildman–Crippen LogP) is 0.271. The number of hydrogen-bond acceptors (Lipinski definition) is 7. The molecule has 9 nitrogen and oxygen atoms in total. The van der Waals surface area contributed by atoms with E-state index in [1.165, 1.54) is 11.1 Å². The summed E-state index contributed by atoms with van der Waals surface area (Å²) in [5.74, 6) is -0.0423. The zero-order valence-corrected chi connectivity index (χ0v) is 12.3. The van der Waals surface area contributed by atoms with Gasteiger partial charge in [0.2, 0.25) is 12.4 Å². The monoisotopic (exact) mass is 324 g/mol. The number of hydrogen-bond donors (Lipinski definition) is 2. The maximum Gasteiger partial charge on any atom is 0.280 e. The van der Waals surface area contributed by atoms with E-state index in [0.717, 1.165) is 6.29 Å². The molecule has 2 heterocycles. The van der Waals surface area contributed by atoms with Crippen molar-refractivity contribution in [3.05, 3.63) is 52.1 Å². The van der Waals surface area contributed by atoms with E-state index in [1.54, 1.807) is 24.3 Å². The van der Waals surface area contributed by atoms with Crippen LogP contribution >= 0.6 is 0 Å². The second-order valence-electron chi connectivity index (χ2n) is 4.93. The summed E-state index contributed by atoms with van der Waals surface area (Å²) in [6.07, 6.45) is 2.77. The van der Waals surface area contributed by atoms with Gasteiger partial charge in [0, 0.05) is 11.3 Å². The van der Waals surface area contributed by atoms with E-state index < -0.39 is 5.56 Å². The Morgan fingerprint density at radius 2 is 1.92 bits per heavy atom. The van der Waals surface area contributed by atoms with E-state index in [0.29, 0.717) is 23.4 Å². The number of amides is 1. The van der Waals surface area contributed by atoms with Crippen molar-refractivity contribution in [2.45, 2.75) is 6.54 Å². The van der Waals surface area contributed by atoms with Crippen molar-refractivity contribution in [3.8, 4) is 0 Å². The Morgan fingerprint density at radius 3 is 2.58 bits per heavy atom. The van der Waals surface area contributed by atoms with Gasteiger partial charge in [-0.3, -0.25) is 19.4 Å². The lowest BCUT2D eigenvalue weighted by atomic mass is 10.2. The fourth-order valence-corrected chi connectivity index (χ4v) is 2.16. The molecular formula is C15H12N6O3. The van der Waals surface area contributed by atoms with Gasteiger partial charge in [0.1, 0.15) is 6.29 Å². The summed E-state index contributed by atoms with van der Waals surface area (Å²) in [6, 6.07) is 6.48. The molecule has 0 aliphatic heterocycles. The number of nitrogens with one attached hydrogen (secondary N) is 1. The number of aldehydes is 1. The van der Waals surface area contributed by atoms with Gasteiger partial charge in [0.25, 0.3) is 5.56 Å². The number of aromatic amines is 1. The third-order valence-corrected chi connectivity index (χ3v) is 3.31. The fraction of sp³-hybridized carbons (Fsp3) is 0.0667. The standard InChI is InChI=1S/C15H12N6O3/c16-15-19-13-12(14(24)20-15)18-10(5-17-13)6-21(8-23)11-3-1-9(7-22)2-4-11/h1-5,7-8H,6H2,(H3,16,17,19,20,24). The molecular weight excluding hydrogens is 312 g/mol. The molecule has 3 aromatic rings. The number of anilines is 2. The van der Waals surface area contributed by atoms with Crippen LogP contribution in [0.25, 0.3) is 11.2 Å². The quantitative estimate of drug-likeness (QED) is 0.643. The van der Waals surface area contributed by atoms with Gasteiger partial charge in [0.15, 0.2) is 11.2 Å². The lowest BCUT2D eigenvalue weighted by Gasteiger charge is -2.17. The van der Waals surface area contributed by atoms with Crippen molar-refractivity contribution in [3.63, 3.8) is 0 Å². The molecule has 1 aromatic carbocycles. The van der Waals surface area contributed by atoms with Gasteiger partial charge in [-0.25, -0.2) is 9.97 Å². The second kappa shape index (κ2) is 6.24. The average molecular weight is 324 g/mol.